The van der Waals surface area contributed by atoms with Crippen molar-refractivity contribution >= 4 is 49.1 Å². The van der Waals surface area contributed by atoms with Gasteiger partial charge in [0, 0.05) is 33.8 Å². The zero-order valence-electron chi connectivity index (χ0n) is 26.3. The van der Waals surface area contributed by atoms with Crippen molar-refractivity contribution in [1.29, 1.82) is 0 Å². The molecule has 6 aromatic carbocycles. The van der Waals surface area contributed by atoms with Gasteiger partial charge in [-0.1, -0.05) is 133 Å². The first-order valence-corrected chi connectivity index (χ1v) is 16.4. The molecule has 49 heavy (non-hydrogen) atoms. The van der Waals surface area contributed by atoms with Crippen molar-refractivity contribution in [3.8, 4) is 45.2 Å². The summed E-state index contributed by atoms with van der Waals surface area (Å²) in [6, 6.07) is 54.6. The molecule has 10 aromatic rings. The molecule has 0 spiro atoms. The van der Waals surface area contributed by atoms with Crippen LogP contribution in [0.4, 0.5) is 0 Å². The highest BCUT2D eigenvalue weighted by molar-refractivity contribution is 6.09. The molecule has 5 nitrogen and oxygen atoms in total. The second-order valence-electron chi connectivity index (χ2n) is 12.3. The van der Waals surface area contributed by atoms with E-state index in [9.17, 15) is 0 Å². The zero-order valence-corrected chi connectivity index (χ0v) is 26.3. The Hall–Kier alpha value is -6.72. The Morgan fingerprint density at radius 3 is 1.69 bits per heavy atom. The van der Waals surface area contributed by atoms with E-state index in [0.717, 1.165) is 77.7 Å². The smallest absolute Gasteiger partial charge is 0.160 e. The molecule has 5 heteroatoms. The Kier molecular flexibility index (Phi) is 6.11. The fourth-order valence-corrected chi connectivity index (χ4v) is 7.08. The minimum absolute atomic E-state index is 0.673. The molecule has 0 unspecified atom stereocenters. The van der Waals surface area contributed by atoms with E-state index in [-0.39, 0.29) is 0 Å². The topological polar surface area (TPSA) is 56.0 Å². The Balaban J connectivity index is 1.17. The summed E-state index contributed by atoms with van der Waals surface area (Å²) in [7, 11) is 0. The van der Waals surface area contributed by atoms with E-state index in [1.165, 1.54) is 10.8 Å². The lowest BCUT2D eigenvalue weighted by Gasteiger charge is -2.13. The van der Waals surface area contributed by atoms with Gasteiger partial charge in [-0.05, 0) is 45.8 Å². The molecule has 0 N–H and O–H groups in total. The van der Waals surface area contributed by atoms with E-state index >= 15 is 0 Å². The summed E-state index contributed by atoms with van der Waals surface area (Å²) in [6.07, 6.45) is 2.06. The van der Waals surface area contributed by atoms with Crippen LogP contribution in [0.25, 0.3) is 94.3 Å². The van der Waals surface area contributed by atoms with Crippen molar-refractivity contribution < 1.29 is 0 Å². The number of rotatable bonds is 4. The number of pyridine rings is 2. The van der Waals surface area contributed by atoms with Crippen LogP contribution in [0.3, 0.4) is 0 Å². The molecule has 0 radical (unpaired) electrons. The fraction of sp³-hybridized carbons (Fsp3) is 0. The minimum Gasteiger partial charge on any atom is -0.298 e. The Morgan fingerprint density at radius 2 is 1.00 bits per heavy atom. The van der Waals surface area contributed by atoms with Crippen LogP contribution in [-0.2, 0) is 0 Å². The second-order valence-corrected chi connectivity index (χ2v) is 12.3. The highest BCUT2D eigenvalue weighted by Crippen LogP contribution is 2.36. The summed E-state index contributed by atoms with van der Waals surface area (Å²) in [5.41, 5.74) is 10.5. The molecule has 0 amide bonds. The molecule has 0 aliphatic rings. The van der Waals surface area contributed by atoms with Crippen LogP contribution in [0.2, 0.25) is 0 Å². The highest BCUT2D eigenvalue weighted by Gasteiger charge is 2.18. The monoisotopic (exact) mass is 625 g/mol. The second kappa shape index (κ2) is 10.9. The fourth-order valence-electron chi connectivity index (χ4n) is 7.08. The number of hydrogen-bond donors (Lipinski definition) is 0. The van der Waals surface area contributed by atoms with Crippen molar-refractivity contribution in [1.82, 2.24) is 24.3 Å². The largest absolute Gasteiger partial charge is 0.298 e. The lowest BCUT2D eigenvalue weighted by Crippen LogP contribution is -1.97. The molecular formula is C44H27N5. The van der Waals surface area contributed by atoms with E-state index in [1.54, 1.807) is 0 Å². The summed E-state index contributed by atoms with van der Waals surface area (Å²) >= 11 is 0. The average Bonchev–Trinajstić information content (AvgIpc) is 3.57. The van der Waals surface area contributed by atoms with Gasteiger partial charge < -0.3 is 0 Å². The Labute approximate surface area is 281 Å². The summed E-state index contributed by atoms with van der Waals surface area (Å²) in [4.78, 5) is 20.6. The van der Waals surface area contributed by atoms with Crippen LogP contribution in [0.15, 0.2) is 164 Å². The number of benzene rings is 6. The molecule has 0 bridgehead atoms. The van der Waals surface area contributed by atoms with Crippen molar-refractivity contribution in [2.45, 2.75) is 0 Å². The third-order valence-electron chi connectivity index (χ3n) is 9.42. The number of para-hydroxylation sites is 1. The maximum atomic E-state index is 5.21. The first-order valence-electron chi connectivity index (χ1n) is 16.4. The van der Waals surface area contributed by atoms with Gasteiger partial charge in [0.2, 0.25) is 0 Å². The van der Waals surface area contributed by atoms with Crippen LogP contribution < -0.4 is 0 Å². The lowest BCUT2D eigenvalue weighted by atomic mass is 9.98. The van der Waals surface area contributed by atoms with Gasteiger partial charge in [0.15, 0.2) is 5.82 Å². The zero-order chi connectivity index (χ0) is 32.3. The number of imidazole rings is 1. The predicted octanol–water partition coefficient (Wildman–Crippen LogP) is 10.8. The van der Waals surface area contributed by atoms with Gasteiger partial charge in [-0.25, -0.2) is 19.9 Å². The molecule has 4 aromatic heterocycles. The van der Waals surface area contributed by atoms with Crippen LogP contribution in [-0.4, -0.2) is 24.3 Å². The molecule has 0 aliphatic carbocycles. The normalized spacial score (nSPS) is 11.7. The van der Waals surface area contributed by atoms with Crippen molar-refractivity contribution in [2.75, 3.05) is 0 Å². The molecule has 4 heterocycles. The maximum absolute atomic E-state index is 5.21. The Morgan fingerprint density at radius 1 is 0.429 bits per heavy atom. The molecule has 0 fully saturated rings. The molecule has 0 saturated carbocycles. The maximum Gasteiger partial charge on any atom is 0.160 e. The van der Waals surface area contributed by atoms with Gasteiger partial charge in [0.05, 0.1) is 28.1 Å². The van der Waals surface area contributed by atoms with Crippen LogP contribution >= 0.6 is 0 Å². The molecule has 10 rings (SSSR count). The van der Waals surface area contributed by atoms with Gasteiger partial charge in [-0.3, -0.25) is 4.40 Å². The molecule has 228 valence electrons. The van der Waals surface area contributed by atoms with Gasteiger partial charge >= 0.3 is 0 Å². The third-order valence-corrected chi connectivity index (χ3v) is 9.42. The first-order chi connectivity index (χ1) is 24.3. The minimum atomic E-state index is 0.673. The SMILES string of the molecule is c1ccc2c(-c3cc(-c4cccc5ccccc45)nc(-c4ccc(-c5nc6ccccc6c6nc7ccccn7c56)cc4)n3)cccc2c1. The van der Waals surface area contributed by atoms with E-state index in [0.29, 0.717) is 5.82 Å². The van der Waals surface area contributed by atoms with Crippen molar-refractivity contribution in [2.24, 2.45) is 0 Å². The van der Waals surface area contributed by atoms with Gasteiger partial charge in [0.25, 0.3) is 0 Å². The van der Waals surface area contributed by atoms with Crippen LogP contribution in [0, 0.1) is 0 Å². The van der Waals surface area contributed by atoms with Crippen molar-refractivity contribution in [3.63, 3.8) is 0 Å². The summed E-state index contributed by atoms with van der Waals surface area (Å²) in [5, 5.41) is 5.72. The summed E-state index contributed by atoms with van der Waals surface area (Å²) in [6.45, 7) is 0. The van der Waals surface area contributed by atoms with Crippen molar-refractivity contribution in [3.05, 3.63) is 164 Å². The standard InChI is InChI=1S/C44H27N5/c1-3-15-32-28(11-1)13-9-18-34(32)38-27-39(35-19-10-14-29-12-2-4-16-33(29)35)47-44(46-38)31-24-22-30(23-25-31)41-43-42(36-17-5-6-20-37(36)45-41)48-40-21-7-8-26-49(40)43/h1-27H. The van der Waals surface area contributed by atoms with Crippen LogP contribution in [0.5, 0.6) is 0 Å². The van der Waals surface area contributed by atoms with E-state index < -0.39 is 0 Å². The number of aromatic nitrogens is 5. The first kappa shape index (κ1) is 27.4. The molecule has 0 aliphatic heterocycles. The third kappa shape index (κ3) is 4.48. The highest BCUT2D eigenvalue weighted by atomic mass is 15.0. The van der Waals surface area contributed by atoms with E-state index in [2.05, 4.69) is 138 Å². The van der Waals surface area contributed by atoms with Gasteiger partial charge in [0.1, 0.15) is 11.2 Å². The number of nitrogens with zero attached hydrogens (tertiary/aromatic N) is 5. The average molecular weight is 626 g/mol. The van der Waals surface area contributed by atoms with Gasteiger partial charge in [-0.15, -0.1) is 0 Å². The van der Waals surface area contributed by atoms with Gasteiger partial charge in [-0.2, -0.15) is 0 Å². The predicted molar refractivity (Wildman–Crippen MR) is 200 cm³/mol. The quantitative estimate of drug-likeness (QED) is 0.195. The number of fused-ring (bicyclic) bond motifs is 7. The van der Waals surface area contributed by atoms with E-state index in [1.807, 2.05) is 30.3 Å². The molecular weight excluding hydrogens is 599 g/mol. The molecule has 0 atom stereocenters. The summed E-state index contributed by atoms with van der Waals surface area (Å²) < 4.78 is 2.13. The summed E-state index contributed by atoms with van der Waals surface area (Å²) in [5.74, 6) is 0.673. The number of hydrogen-bond acceptors (Lipinski definition) is 4. The lowest BCUT2D eigenvalue weighted by molar-refractivity contribution is 1.19. The van der Waals surface area contributed by atoms with Crippen LogP contribution in [0.1, 0.15) is 0 Å². The Bertz CT molecular complexity index is 2780. The molecule has 0 saturated heterocycles. The van der Waals surface area contributed by atoms with E-state index in [4.69, 9.17) is 19.9 Å².